The molecule has 0 aromatic carbocycles. The Kier molecular flexibility index (Phi) is 185. The van der Waals surface area contributed by atoms with Crippen LogP contribution in [0.2, 0.25) is 0 Å². The van der Waals surface area contributed by atoms with Crippen molar-refractivity contribution in [1.29, 1.82) is 0 Å². The van der Waals surface area contributed by atoms with Crippen LogP contribution in [-0.4, -0.2) is 0 Å². The van der Waals surface area contributed by atoms with Gasteiger partial charge in [0.1, 0.15) is 0 Å². The molecule has 0 amide bonds. The Balaban J connectivity index is -0.0000000353. The van der Waals surface area contributed by atoms with Gasteiger partial charge in [0, 0.05) is 0 Å². The summed E-state index contributed by atoms with van der Waals surface area (Å²) in [6.45, 7) is 20.5. The van der Waals surface area contributed by atoms with E-state index in [1.807, 2.05) is 55.4 Å². The van der Waals surface area contributed by atoms with E-state index in [0.717, 1.165) is 0 Å². The van der Waals surface area contributed by atoms with Crippen LogP contribution in [0.5, 0.6) is 0 Å². The first-order valence-electron chi connectivity index (χ1n) is 7.41. The van der Waals surface area contributed by atoms with Crippen molar-refractivity contribution in [3.8, 4) is 0 Å². The van der Waals surface area contributed by atoms with Gasteiger partial charge >= 0.3 is 0 Å². The summed E-state index contributed by atoms with van der Waals surface area (Å²) >= 11 is 0. The van der Waals surface area contributed by atoms with Crippen molar-refractivity contribution >= 4 is 0 Å². The highest BCUT2D eigenvalue weighted by molar-refractivity contribution is 4.35. The zero-order valence-electron chi connectivity index (χ0n) is 13.5. The van der Waals surface area contributed by atoms with Gasteiger partial charge in [-0.15, -0.1) is 0 Å². The minimum atomic E-state index is 1.36. The molecule has 0 aliphatic rings. The molecule has 0 heteroatoms. The van der Waals surface area contributed by atoms with E-state index in [0.29, 0.717) is 0 Å². The number of rotatable bonds is 4. The standard InChI is InChI=1S/C7H16.4C2H6/c1-3-5-7-6-4-2;4*1-2/h3-7H2,1-2H3;4*1-2H3. The predicted molar refractivity (Wildman–Crippen MR) is 79.8 cm³/mol. The van der Waals surface area contributed by atoms with Crippen LogP contribution < -0.4 is 0 Å². The van der Waals surface area contributed by atoms with Crippen LogP contribution in [0.1, 0.15) is 101 Å². The highest BCUT2D eigenvalue weighted by Gasteiger charge is 1.80. The second-order valence-electron chi connectivity index (χ2n) is 2.06. The quantitative estimate of drug-likeness (QED) is 0.444. The Hall–Kier alpha value is 0. The Bertz CT molecular complexity index is 19.2. The SMILES string of the molecule is CC.CC.CC.CC.CCCCCCC. The molecule has 0 fully saturated rings. The van der Waals surface area contributed by atoms with Gasteiger partial charge in [0.25, 0.3) is 0 Å². The van der Waals surface area contributed by atoms with E-state index in [9.17, 15) is 0 Å². The van der Waals surface area contributed by atoms with Crippen LogP contribution in [-0.2, 0) is 0 Å². The molecular weight excluding hydrogens is 180 g/mol. The lowest BCUT2D eigenvalue weighted by Gasteiger charge is -1.90. The second kappa shape index (κ2) is 94.6. The fourth-order valence-corrected chi connectivity index (χ4v) is 0.677. The first-order chi connectivity index (χ1) is 7.41. The minimum absolute atomic E-state index is 1.36. The van der Waals surface area contributed by atoms with Gasteiger partial charge in [-0.05, 0) is 0 Å². The Morgan fingerprint density at radius 2 is 0.600 bits per heavy atom. The highest BCUT2D eigenvalue weighted by Crippen LogP contribution is 2.00. The van der Waals surface area contributed by atoms with Gasteiger partial charge in [0.2, 0.25) is 0 Å². The van der Waals surface area contributed by atoms with E-state index in [1.54, 1.807) is 0 Å². The van der Waals surface area contributed by atoms with Crippen LogP contribution in [0.4, 0.5) is 0 Å². The van der Waals surface area contributed by atoms with Gasteiger partial charge < -0.3 is 0 Å². The fourth-order valence-electron chi connectivity index (χ4n) is 0.677. The topological polar surface area (TPSA) is 0 Å². The highest BCUT2D eigenvalue weighted by atomic mass is 13.9. The summed E-state index contributed by atoms with van der Waals surface area (Å²) in [7, 11) is 0. The molecule has 0 heterocycles. The molecule has 0 aliphatic carbocycles. The molecule has 0 spiro atoms. The Morgan fingerprint density at radius 3 is 0.733 bits per heavy atom. The first kappa shape index (κ1) is 29.4. The molecular formula is C15H40. The largest absolute Gasteiger partial charge is 0.0683 e. The van der Waals surface area contributed by atoms with Crippen LogP contribution in [0.15, 0.2) is 0 Å². The number of hydrogen-bond acceptors (Lipinski definition) is 0. The van der Waals surface area contributed by atoms with Gasteiger partial charge in [-0.25, -0.2) is 0 Å². The van der Waals surface area contributed by atoms with E-state index in [4.69, 9.17) is 0 Å². The third-order valence-corrected chi connectivity index (χ3v) is 1.21. The Labute approximate surface area is 102 Å². The van der Waals surface area contributed by atoms with Crippen LogP contribution >= 0.6 is 0 Å². The first-order valence-corrected chi connectivity index (χ1v) is 7.41. The van der Waals surface area contributed by atoms with E-state index in [2.05, 4.69) is 13.8 Å². The van der Waals surface area contributed by atoms with Crippen molar-refractivity contribution in [2.24, 2.45) is 0 Å². The smallest absolute Gasteiger partial charge is 0.0533 e. The summed E-state index contributed by atoms with van der Waals surface area (Å²) in [5, 5.41) is 0. The molecule has 15 heavy (non-hydrogen) atoms. The van der Waals surface area contributed by atoms with Gasteiger partial charge in [0.15, 0.2) is 0 Å². The fraction of sp³-hybridized carbons (Fsp3) is 1.00. The molecule has 0 radical (unpaired) electrons. The van der Waals surface area contributed by atoms with Crippen molar-refractivity contribution in [1.82, 2.24) is 0 Å². The maximum Gasteiger partial charge on any atom is -0.0533 e. The second-order valence-corrected chi connectivity index (χ2v) is 2.06. The molecule has 0 aliphatic heterocycles. The van der Waals surface area contributed by atoms with Crippen molar-refractivity contribution in [2.75, 3.05) is 0 Å². The molecule has 0 atom stereocenters. The predicted octanol–water partition coefficient (Wildman–Crippen LogP) is 7.08. The third-order valence-electron chi connectivity index (χ3n) is 1.21. The van der Waals surface area contributed by atoms with Crippen LogP contribution in [0.25, 0.3) is 0 Å². The summed E-state index contributed by atoms with van der Waals surface area (Å²) in [6.07, 6.45) is 7.01. The molecule has 0 rings (SSSR count). The summed E-state index contributed by atoms with van der Waals surface area (Å²) < 4.78 is 0. The van der Waals surface area contributed by atoms with Gasteiger partial charge in [-0.1, -0.05) is 101 Å². The van der Waals surface area contributed by atoms with Crippen LogP contribution in [0, 0.1) is 0 Å². The van der Waals surface area contributed by atoms with E-state index in [-0.39, 0.29) is 0 Å². The minimum Gasteiger partial charge on any atom is -0.0683 e. The van der Waals surface area contributed by atoms with E-state index in [1.165, 1.54) is 32.1 Å². The Morgan fingerprint density at radius 1 is 0.400 bits per heavy atom. The summed E-state index contributed by atoms with van der Waals surface area (Å²) in [5.41, 5.74) is 0. The molecule has 0 bridgehead atoms. The van der Waals surface area contributed by atoms with E-state index < -0.39 is 0 Å². The average molecular weight is 220 g/mol. The van der Waals surface area contributed by atoms with Crippen molar-refractivity contribution in [3.63, 3.8) is 0 Å². The lowest BCUT2D eigenvalue weighted by atomic mass is 10.2. The molecule has 0 aromatic rings. The normalized spacial score (nSPS) is 6.00. The summed E-state index contributed by atoms with van der Waals surface area (Å²) in [5.74, 6) is 0. The average Bonchev–Trinajstić information content (AvgIpc) is 2.40. The third kappa shape index (κ3) is 126. The molecule has 0 aromatic heterocycles. The monoisotopic (exact) mass is 220 g/mol. The molecule has 0 N–H and O–H groups in total. The number of hydrogen-bond donors (Lipinski definition) is 0. The molecule has 0 unspecified atom stereocenters. The van der Waals surface area contributed by atoms with E-state index >= 15 is 0 Å². The van der Waals surface area contributed by atoms with Gasteiger partial charge in [-0.3, -0.25) is 0 Å². The summed E-state index contributed by atoms with van der Waals surface area (Å²) in [6, 6.07) is 0. The van der Waals surface area contributed by atoms with Crippen molar-refractivity contribution in [2.45, 2.75) is 101 Å². The maximum atomic E-state index is 2.25. The number of unbranched alkanes of at least 4 members (excludes halogenated alkanes) is 4. The lowest BCUT2D eigenvalue weighted by Crippen LogP contribution is -1.70. The van der Waals surface area contributed by atoms with Crippen LogP contribution in [0.3, 0.4) is 0 Å². The molecule has 0 saturated carbocycles. The molecule has 0 saturated heterocycles. The van der Waals surface area contributed by atoms with Gasteiger partial charge in [0.05, 0.1) is 0 Å². The molecule has 0 nitrogen and oxygen atoms in total. The van der Waals surface area contributed by atoms with Crippen molar-refractivity contribution < 1.29 is 0 Å². The maximum absolute atomic E-state index is 2.25. The summed E-state index contributed by atoms with van der Waals surface area (Å²) in [4.78, 5) is 0. The zero-order chi connectivity index (χ0) is 13.5. The molecule has 100 valence electrons. The van der Waals surface area contributed by atoms with Crippen molar-refractivity contribution in [3.05, 3.63) is 0 Å². The zero-order valence-corrected chi connectivity index (χ0v) is 13.5. The van der Waals surface area contributed by atoms with Gasteiger partial charge in [-0.2, -0.15) is 0 Å². The lowest BCUT2D eigenvalue weighted by molar-refractivity contribution is 0.656.